The van der Waals surface area contributed by atoms with Gasteiger partial charge < -0.3 is 14.9 Å². The van der Waals surface area contributed by atoms with Crippen molar-refractivity contribution in [2.24, 2.45) is 0 Å². The lowest BCUT2D eigenvalue weighted by molar-refractivity contribution is -0.152. The normalized spacial score (nSPS) is 22.9. The zero-order valence-corrected chi connectivity index (χ0v) is 6.04. The summed E-state index contributed by atoms with van der Waals surface area (Å²) in [6.45, 7) is -0.409. The summed E-state index contributed by atoms with van der Waals surface area (Å²) in [7, 11) is 0. The Kier molecular flexibility index (Phi) is 2.43. The molecule has 0 amide bonds. The molecule has 1 aliphatic heterocycles. The molecule has 0 atom stereocenters. The highest BCUT2D eigenvalue weighted by Crippen LogP contribution is 2.07. The van der Waals surface area contributed by atoms with Crippen molar-refractivity contribution in [1.29, 1.82) is 0 Å². The number of cyclic esters (lactones) is 1. The van der Waals surface area contributed by atoms with E-state index in [0.717, 1.165) is 0 Å². The summed E-state index contributed by atoms with van der Waals surface area (Å²) in [5.74, 6) is -0.359. The lowest BCUT2D eigenvalue weighted by Gasteiger charge is -2.33. The minimum Gasteiger partial charge on any atom is -0.463 e. The Hall–Kier alpha value is -0.650. The monoisotopic (exact) mass is 161 g/mol. The highest BCUT2D eigenvalue weighted by Gasteiger charge is 2.34. The summed E-state index contributed by atoms with van der Waals surface area (Å²) < 4.78 is 4.65. The largest absolute Gasteiger partial charge is 0.463 e. The summed E-state index contributed by atoms with van der Waals surface area (Å²) in [4.78, 5) is 10.5. The number of aliphatic hydroxyl groups is 2. The predicted molar refractivity (Wildman–Crippen MR) is 35.9 cm³/mol. The van der Waals surface area contributed by atoms with Gasteiger partial charge in [0.25, 0.3) is 0 Å². The smallest absolute Gasteiger partial charge is 0.320 e. The molecule has 1 rings (SSSR count). The van der Waals surface area contributed by atoms with Crippen molar-refractivity contribution in [3.63, 3.8) is 0 Å². The zero-order chi connectivity index (χ0) is 8.32. The van der Waals surface area contributed by atoms with Gasteiger partial charge in [-0.3, -0.25) is 10.1 Å². The minimum atomic E-state index is -0.839. The fourth-order valence-electron chi connectivity index (χ4n) is 0.833. The molecule has 0 aromatic heterocycles. The predicted octanol–water partition coefficient (Wildman–Crippen LogP) is -2.14. The van der Waals surface area contributed by atoms with Gasteiger partial charge in [-0.15, -0.1) is 0 Å². The second kappa shape index (κ2) is 3.17. The Balaban J connectivity index is 2.52. The molecule has 1 aliphatic rings. The van der Waals surface area contributed by atoms with Crippen LogP contribution in [-0.4, -0.2) is 48.1 Å². The highest BCUT2D eigenvalue weighted by molar-refractivity contribution is 5.72. The van der Waals surface area contributed by atoms with Gasteiger partial charge in [-0.1, -0.05) is 0 Å². The second-order valence-corrected chi connectivity index (χ2v) is 2.61. The second-order valence-electron chi connectivity index (χ2n) is 2.61. The van der Waals surface area contributed by atoms with Crippen LogP contribution < -0.4 is 5.32 Å². The number of esters is 1. The Morgan fingerprint density at radius 2 is 2.18 bits per heavy atom. The third-order valence-electron chi connectivity index (χ3n) is 1.72. The van der Waals surface area contributed by atoms with Crippen LogP contribution in [0.15, 0.2) is 0 Å². The fourth-order valence-corrected chi connectivity index (χ4v) is 0.833. The first kappa shape index (κ1) is 8.45. The van der Waals surface area contributed by atoms with Crippen LogP contribution in [0.3, 0.4) is 0 Å². The first-order chi connectivity index (χ1) is 5.22. The molecule has 64 valence electrons. The number of aliphatic hydroxyl groups excluding tert-OH is 2. The van der Waals surface area contributed by atoms with E-state index in [0.29, 0.717) is 0 Å². The van der Waals surface area contributed by atoms with E-state index in [1.54, 1.807) is 0 Å². The molecule has 1 saturated heterocycles. The Morgan fingerprint density at radius 1 is 1.55 bits per heavy atom. The van der Waals surface area contributed by atoms with Crippen LogP contribution in [0.4, 0.5) is 0 Å². The maximum atomic E-state index is 10.5. The van der Waals surface area contributed by atoms with Crippen molar-refractivity contribution in [1.82, 2.24) is 5.32 Å². The van der Waals surface area contributed by atoms with Crippen molar-refractivity contribution >= 4 is 5.97 Å². The topological polar surface area (TPSA) is 78.8 Å². The average molecular weight is 161 g/mol. The van der Waals surface area contributed by atoms with E-state index in [1.165, 1.54) is 0 Å². The molecule has 11 heavy (non-hydrogen) atoms. The molecular formula is C6H11NO4. The van der Waals surface area contributed by atoms with Crippen LogP contribution in [0.2, 0.25) is 0 Å². The first-order valence-electron chi connectivity index (χ1n) is 3.35. The third-order valence-corrected chi connectivity index (χ3v) is 1.72. The van der Waals surface area contributed by atoms with E-state index in [2.05, 4.69) is 10.1 Å². The van der Waals surface area contributed by atoms with Crippen LogP contribution in [0.5, 0.6) is 0 Å². The van der Waals surface area contributed by atoms with Crippen LogP contribution in [-0.2, 0) is 9.53 Å². The van der Waals surface area contributed by atoms with Crippen molar-refractivity contribution in [3.8, 4) is 0 Å². The molecule has 0 bridgehead atoms. The number of rotatable bonds is 2. The Labute approximate surface area is 64.0 Å². The molecule has 0 aromatic rings. The summed E-state index contributed by atoms with van der Waals surface area (Å²) in [6.07, 6.45) is 0. The molecule has 5 heteroatoms. The molecule has 5 nitrogen and oxygen atoms in total. The average Bonchev–Trinajstić information content (AvgIpc) is 2.07. The van der Waals surface area contributed by atoms with Gasteiger partial charge in [0.15, 0.2) is 0 Å². The van der Waals surface area contributed by atoms with E-state index >= 15 is 0 Å². The minimum absolute atomic E-state index is 0.0266. The number of carbonyl (C=O) groups is 1. The highest BCUT2D eigenvalue weighted by atomic mass is 16.5. The van der Waals surface area contributed by atoms with Gasteiger partial charge in [-0.25, -0.2) is 0 Å². The fraction of sp³-hybridized carbons (Fsp3) is 0.833. The maximum Gasteiger partial charge on any atom is 0.320 e. The molecule has 0 aromatic carbocycles. The summed E-state index contributed by atoms with van der Waals surface area (Å²) in [6, 6.07) is 0. The van der Waals surface area contributed by atoms with Crippen LogP contribution >= 0.6 is 0 Å². The van der Waals surface area contributed by atoms with Gasteiger partial charge in [-0.2, -0.15) is 0 Å². The number of nitrogens with one attached hydrogen (secondary N) is 1. The van der Waals surface area contributed by atoms with E-state index in [-0.39, 0.29) is 32.3 Å². The van der Waals surface area contributed by atoms with Crippen molar-refractivity contribution in [2.75, 3.05) is 26.4 Å². The zero-order valence-electron chi connectivity index (χ0n) is 6.04. The van der Waals surface area contributed by atoms with E-state index < -0.39 is 5.54 Å². The van der Waals surface area contributed by atoms with E-state index in [1.807, 2.05) is 0 Å². The number of ether oxygens (including phenoxy) is 1. The Bertz CT molecular complexity index is 143. The first-order valence-corrected chi connectivity index (χ1v) is 3.35. The lowest BCUT2D eigenvalue weighted by atomic mass is 10.0. The quantitative estimate of drug-likeness (QED) is 0.403. The molecular weight excluding hydrogens is 150 g/mol. The number of hydrogen-bond acceptors (Lipinski definition) is 5. The van der Waals surface area contributed by atoms with Gasteiger partial charge in [0, 0.05) is 0 Å². The molecule has 0 radical (unpaired) electrons. The van der Waals surface area contributed by atoms with Crippen LogP contribution in [0, 0.1) is 0 Å². The molecule has 1 fully saturated rings. The SMILES string of the molecule is O=C1CNC(CO)(CO)CO1. The third kappa shape index (κ3) is 1.68. The molecule has 0 unspecified atom stereocenters. The standard InChI is InChI=1S/C6H11NO4/c8-2-6(3-9)4-11-5(10)1-7-6/h7-9H,1-4H2. The van der Waals surface area contributed by atoms with E-state index in [9.17, 15) is 4.79 Å². The van der Waals surface area contributed by atoms with E-state index in [4.69, 9.17) is 10.2 Å². The number of carbonyl (C=O) groups excluding carboxylic acids is 1. The van der Waals surface area contributed by atoms with Crippen molar-refractivity contribution in [3.05, 3.63) is 0 Å². The van der Waals surface area contributed by atoms with Gasteiger partial charge in [0.2, 0.25) is 0 Å². The van der Waals surface area contributed by atoms with Gasteiger partial charge in [-0.05, 0) is 0 Å². The number of hydrogen-bond donors (Lipinski definition) is 3. The molecule has 3 N–H and O–H groups in total. The van der Waals surface area contributed by atoms with Crippen LogP contribution in [0.25, 0.3) is 0 Å². The van der Waals surface area contributed by atoms with Gasteiger partial charge >= 0.3 is 5.97 Å². The molecule has 0 spiro atoms. The van der Waals surface area contributed by atoms with Gasteiger partial charge in [0.05, 0.1) is 25.3 Å². The van der Waals surface area contributed by atoms with Gasteiger partial charge in [0.1, 0.15) is 6.61 Å². The molecule has 1 heterocycles. The molecule has 0 saturated carbocycles. The van der Waals surface area contributed by atoms with Crippen molar-refractivity contribution < 1.29 is 19.7 Å². The Morgan fingerprint density at radius 3 is 2.55 bits per heavy atom. The number of morpholine rings is 1. The lowest BCUT2D eigenvalue weighted by Crippen LogP contribution is -2.60. The summed E-state index contributed by atoms with van der Waals surface area (Å²) in [5.41, 5.74) is -0.839. The molecule has 0 aliphatic carbocycles. The summed E-state index contributed by atoms with van der Waals surface area (Å²) in [5, 5.41) is 20.3. The van der Waals surface area contributed by atoms with Crippen molar-refractivity contribution in [2.45, 2.75) is 5.54 Å². The maximum absolute atomic E-state index is 10.5. The van der Waals surface area contributed by atoms with Crippen LogP contribution in [0.1, 0.15) is 0 Å². The summed E-state index contributed by atoms with van der Waals surface area (Å²) >= 11 is 0.